The van der Waals surface area contributed by atoms with Crippen LogP contribution in [0, 0.1) is 0 Å². The van der Waals surface area contributed by atoms with Gasteiger partial charge in [0.05, 0.1) is 11.6 Å². The van der Waals surface area contributed by atoms with Gasteiger partial charge in [-0.1, -0.05) is 30.7 Å². The van der Waals surface area contributed by atoms with Crippen molar-refractivity contribution in [2.45, 2.75) is 13.3 Å². The Morgan fingerprint density at radius 3 is 2.53 bits per heavy atom. The van der Waals surface area contributed by atoms with E-state index in [9.17, 15) is 9.59 Å². The molecule has 19 heavy (non-hydrogen) atoms. The third-order valence-corrected chi connectivity index (χ3v) is 2.28. The highest BCUT2D eigenvalue weighted by molar-refractivity contribution is 6.32. The molecule has 1 aromatic carbocycles. The molecule has 0 spiro atoms. The zero-order chi connectivity index (χ0) is 14.1. The van der Waals surface area contributed by atoms with Gasteiger partial charge in [-0.15, -0.1) is 0 Å². The van der Waals surface area contributed by atoms with Gasteiger partial charge in [-0.25, -0.2) is 9.59 Å². The summed E-state index contributed by atoms with van der Waals surface area (Å²) in [4.78, 5) is 22.5. The summed E-state index contributed by atoms with van der Waals surface area (Å²) in [6.45, 7) is 1.60. The molecule has 0 saturated heterocycles. The quantitative estimate of drug-likeness (QED) is 0.568. The Kier molecular flexibility index (Phi) is 6.92. The van der Waals surface area contributed by atoms with Crippen molar-refractivity contribution < 1.29 is 23.8 Å². The predicted octanol–water partition coefficient (Wildman–Crippen LogP) is 2.22. The van der Waals surface area contributed by atoms with Gasteiger partial charge in [-0.05, 0) is 18.6 Å². The summed E-state index contributed by atoms with van der Waals surface area (Å²) in [6, 6.07) is 6.58. The Hall–Kier alpha value is -1.59. The van der Waals surface area contributed by atoms with Gasteiger partial charge in [0.1, 0.15) is 19.0 Å². The van der Waals surface area contributed by atoms with Crippen LogP contribution in [0.3, 0.4) is 0 Å². The zero-order valence-electron chi connectivity index (χ0n) is 10.6. The molecule has 0 aromatic heterocycles. The number of benzene rings is 1. The second-order valence-corrected chi connectivity index (χ2v) is 4.02. The molecule has 104 valence electrons. The van der Waals surface area contributed by atoms with Crippen LogP contribution < -0.4 is 4.74 Å². The molecule has 0 aliphatic carbocycles. The molecule has 6 heteroatoms. The Balaban J connectivity index is 2.25. The molecule has 0 amide bonds. The van der Waals surface area contributed by atoms with Crippen LogP contribution in [0.4, 0.5) is 0 Å². The van der Waals surface area contributed by atoms with Crippen molar-refractivity contribution in [1.29, 1.82) is 0 Å². The Labute approximate surface area is 116 Å². The van der Waals surface area contributed by atoms with Crippen LogP contribution in [-0.2, 0) is 19.1 Å². The SMILES string of the molecule is CCCOC(=O)COCC(=O)Oc1ccccc1Cl. The van der Waals surface area contributed by atoms with Crippen molar-refractivity contribution in [3.05, 3.63) is 29.3 Å². The van der Waals surface area contributed by atoms with Crippen molar-refractivity contribution in [1.82, 2.24) is 0 Å². The molecule has 0 saturated carbocycles. The van der Waals surface area contributed by atoms with E-state index in [0.29, 0.717) is 11.6 Å². The fraction of sp³-hybridized carbons (Fsp3) is 0.385. The number of esters is 2. The molecule has 0 atom stereocenters. The van der Waals surface area contributed by atoms with Crippen molar-refractivity contribution in [2.24, 2.45) is 0 Å². The number of para-hydroxylation sites is 1. The van der Waals surface area contributed by atoms with Crippen LogP contribution in [0.25, 0.3) is 0 Å². The van der Waals surface area contributed by atoms with Crippen molar-refractivity contribution in [2.75, 3.05) is 19.8 Å². The lowest BCUT2D eigenvalue weighted by Gasteiger charge is -2.06. The average molecular weight is 287 g/mol. The number of carbonyl (C=O) groups is 2. The summed E-state index contributed by atoms with van der Waals surface area (Å²) in [5.41, 5.74) is 0. The van der Waals surface area contributed by atoms with Crippen molar-refractivity contribution in [3.63, 3.8) is 0 Å². The molecular weight excluding hydrogens is 272 g/mol. The van der Waals surface area contributed by atoms with Gasteiger partial charge in [-0.3, -0.25) is 0 Å². The first-order valence-electron chi connectivity index (χ1n) is 5.82. The van der Waals surface area contributed by atoms with Gasteiger partial charge >= 0.3 is 11.9 Å². The highest BCUT2D eigenvalue weighted by Gasteiger charge is 2.09. The monoisotopic (exact) mass is 286 g/mol. The van der Waals surface area contributed by atoms with E-state index in [1.54, 1.807) is 24.3 Å². The normalized spacial score (nSPS) is 10.0. The first kappa shape index (κ1) is 15.5. The van der Waals surface area contributed by atoms with Gasteiger partial charge in [-0.2, -0.15) is 0 Å². The molecule has 0 aliphatic heterocycles. The zero-order valence-corrected chi connectivity index (χ0v) is 11.3. The predicted molar refractivity (Wildman–Crippen MR) is 69.2 cm³/mol. The largest absolute Gasteiger partial charge is 0.464 e. The van der Waals surface area contributed by atoms with E-state index >= 15 is 0 Å². The van der Waals surface area contributed by atoms with E-state index in [0.717, 1.165) is 6.42 Å². The first-order valence-corrected chi connectivity index (χ1v) is 6.20. The maximum atomic E-state index is 11.4. The highest BCUT2D eigenvalue weighted by Crippen LogP contribution is 2.23. The standard InChI is InChI=1S/C13H15ClO5/c1-2-7-18-12(15)8-17-9-13(16)19-11-6-4-3-5-10(11)14/h3-6H,2,7-9H2,1H3. The summed E-state index contributed by atoms with van der Waals surface area (Å²) in [5, 5.41) is 0.332. The summed E-state index contributed by atoms with van der Waals surface area (Å²) >= 11 is 5.82. The summed E-state index contributed by atoms with van der Waals surface area (Å²) in [6.07, 6.45) is 0.736. The second kappa shape index (κ2) is 8.50. The number of halogens is 1. The van der Waals surface area contributed by atoms with Gasteiger partial charge in [0, 0.05) is 0 Å². The van der Waals surface area contributed by atoms with E-state index in [-0.39, 0.29) is 19.0 Å². The van der Waals surface area contributed by atoms with Gasteiger partial charge in [0.2, 0.25) is 0 Å². The lowest BCUT2D eigenvalue weighted by molar-refractivity contribution is -0.151. The molecule has 1 rings (SSSR count). The topological polar surface area (TPSA) is 61.8 Å². The smallest absolute Gasteiger partial charge is 0.337 e. The maximum Gasteiger partial charge on any atom is 0.337 e. The minimum Gasteiger partial charge on any atom is -0.464 e. The lowest BCUT2D eigenvalue weighted by Crippen LogP contribution is -2.20. The van der Waals surface area contributed by atoms with E-state index in [1.165, 1.54) is 0 Å². The Morgan fingerprint density at radius 2 is 1.84 bits per heavy atom. The maximum absolute atomic E-state index is 11.4. The van der Waals surface area contributed by atoms with Crippen LogP contribution in [0.15, 0.2) is 24.3 Å². The van der Waals surface area contributed by atoms with Crippen LogP contribution in [0.2, 0.25) is 5.02 Å². The Morgan fingerprint density at radius 1 is 1.16 bits per heavy atom. The van der Waals surface area contributed by atoms with Crippen molar-refractivity contribution in [3.8, 4) is 5.75 Å². The van der Waals surface area contributed by atoms with Crippen LogP contribution >= 0.6 is 11.6 Å². The molecular formula is C13H15ClO5. The van der Waals surface area contributed by atoms with Crippen LogP contribution in [0.5, 0.6) is 5.75 Å². The minimum absolute atomic E-state index is 0.256. The summed E-state index contributed by atoms with van der Waals surface area (Å²) in [7, 11) is 0. The Bertz CT molecular complexity index is 433. The first-order chi connectivity index (χ1) is 9.13. The molecule has 0 unspecified atom stereocenters. The molecule has 0 heterocycles. The number of rotatable bonds is 7. The molecule has 0 aliphatic rings. The third-order valence-electron chi connectivity index (χ3n) is 1.97. The number of hydrogen-bond donors (Lipinski definition) is 0. The van der Waals surface area contributed by atoms with Crippen molar-refractivity contribution >= 4 is 23.5 Å². The molecule has 5 nitrogen and oxygen atoms in total. The highest BCUT2D eigenvalue weighted by atomic mass is 35.5. The molecule has 0 radical (unpaired) electrons. The lowest BCUT2D eigenvalue weighted by atomic mass is 10.3. The average Bonchev–Trinajstić information content (AvgIpc) is 2.39. The van der Waals surface area contributed by atoms with Crippen LogP contribution in [-0.4, -0.2) is 31.8 Å². The fourth-order valence-electron chi connectivity index (χ4n) is 1.15. The van der Waals surface area contributed by atoms with E-state index in [2.05, 4.69) is 0 Å². The van der Waals surface area contributed by atoms with Gasteiger partial charge in [0.15, 0.2) is 0 Å². The number of ether oxygens (including phenoxy) is 3. The molecule has 1 aromatic rings. The molecule has 0 bridgehead atoms. The summed E-state index contributed by atoms with van der Waals surface area (Å²) < 4.78 is 14.6. The van der Waals surface area contributed by atoms with Gasteiger partial charge in [0.25, 0.3) is 0 Å². The second-order valence-electron chi connectivity index (χ2n) is 3.62. The molecule has 0 N–H and O–H groups in total. The molecule has 0 fully saturated rings. The third kappa shape index (κ3) is 6.22. The number of carbonyl (C=O) groups excluding carboxylic acids is 2. The van der Waals surface area contributed by atoms with Gasteiger partial charge < -0.3 is 14.2 Å². The van der Waals surface area contributed by atoms with Crippen LogP contribution in [0.1, 0.15) is 13.3 Å². The minimum atomic E-state index is -0.628. The van der Waals surface area contributed by atoms with E-state index in [1.807, 2.05) is 6.92 Å². The number of hydrogen-bond acceptors (Lipinski definition) is 5. The van der Waals surface area contributed by atoms with E-state index in [4.69, 9.17) is 25.8 Å². The summed E-state index contributed by atoms with van der Waals surface area (Å²) in [5.74, 6) is -0.880. The fourth-order valence-corrected chi connectivity index (χ4v) is 1.33. The van der Waals surface area contributed by atoms with E-state index < -0.39 is 11.9 Å².